The van der Waals surface area contributed by atoms with Crippen molar-refractivity contribution in [3.63, 3.8) is 0 Å². The Labute approximate surface area is 116 Å². The maximum absolute atomic E-state index is 6.05. The fraction of sp³-hybridized carbons (Fsp3) is 0.786. The van der Waals surface area contributed by atoms with Crippen LogP contribution in [0.3, 0.4) is 0 Å². The van der Waals surface area contributed by atoms with Gasteiger partial charge in [-0.25, -0.2) is 4.98 Å². The van der Waals surface area contributed by atoms with Crippen molar-refractivity contribution in [1.29, 1.82) is 0 Å². The molecule has 108 valence electrons. The average molecular weight is 265 g/mol. The molecular formula is C14H27N5. The van der Waals surface area contributed by atoms with Gasteiger partial charge in [0.05, 0.1) is 18.1 Å². The molecule has 0 bridgehead atoms. The molecule has 1 aliphatic rings. The van der Waals surface area contributed by atoms with E-state index in [0.29, 0.717) is 12.6 Å². The summed E-state index contributed by atoms with van der Waals surface area (Å²) < 4.78 is 2.26. The van der Waals surface area contributed by atoms with Gasteiger partial charge in [0.15, 0.2) is 0 Å². The number of nitrogens with zero attached hydrogens (tertiary/aromatic N) is 4. The lowest BCUT2D eigenvalue weighted by atomic mass is 10.1. The monoisotopic (exact) mass is 265 g/mol. The van der Waals surface area contributed by atoms with Crippen LogP contribution < -0.4 is 5.73 Å². The van der Waals surface area contributed by atoms with Crippen LogP contribution in [0.5, 0.6) is 0 Å². The van der Waals surface area contributed by atoms with Gasteiger partial charge in [-0.2, -0.15) is 0 Å². The van der Waals surface area contributed by atoms with E-state index in [4.69, 9.17) is 5.73 Å². The van der Waals surface area contributed by atoms with Crippen LogP contribution in [0.1, 0.15) is 31.5 Å². The van der Waals surface area contributed by atoms with Gasteiger partial charge in [-0.3, -0.25) is 4.90 Å². The number of imidazole rings is 1. The molecule has 0 aromatic carbocycles. The highest BCUT2D eigenvalue weighted by atomic mass is 15.2. The van der Waals surface area contributed by atoms with Crippen LogP contribution in [0.15, 0.2) is 12.5 Å². The highest BCUT2D eigenvalue weighted by Gasteiger charge is 2.23. The predicted octanol–water partition coefficient (Wildman–Crippen LogP) is 0.930. The van der Waals surface area contributed by atoms with E-state index in [1.807, 2.05) is 12.5 Å². The highest BCUT2D eigenvalue weighted by Crippen LogP contribution is 2.21. The number of nitrogens with two attached hydrogens (primary N) is 1. The number of aromatic nitrogens is 2. The van der Waals surface area contributed by atoms with Crippen molar-refractivity contribution in [3.05, 3.63) is 18.2 Å². The number of hydrogen-bond donors (Lipinski definition) is 1. The first kappa shape index (κ1) is 14.5. The number of rotatable bonds is 5. The third kappa shape index (κ3) is 3.55. The lowest BCUT2D eigenvalue weighted by Crippen LogP contribution is -2.37. The zero-order valence-corrected chi connectivity index (χ0v) is 12.3. The molecule has 2 rings (SSSR count). The highest BCUT2D eigenvalue weighted by molar-refractivity contribution is 5.07. The van der Waals surface area contributed by atoms with Gasteiger partial charge in [0.1, 0.15) is 0 Å². The van der Waals surface area contributed by atoms with Gasteiger partial charge < -0.3 is 15.2 Å². The zero-order valence-electron chi connectivity index (χ0n) is 12.3. The molecule has 0 amide bonds. The van der Waals surface area contributed by atoms with Gasteiger partial charge in [-0.05, 0) is 26.4 Å². The summed E-state index contributed by atoms with van der Waals surface area (Å²) in [7, 11) is 2.20. The van der Waals surface area contributed by atoms with E-state index in [-0.39, 0.29) is 0 Å². The summed E-state index contributed by atoms with van der Waals surface area (Å²) >= 11 is 0. The quantitative estimate of drug-likeness (QED) is 0.860. The lowest BCUT2D eigenvalue weighted by Gasteiger charge is -2.30. The third-order valence-corrected chi connectivity index (χ3v) is 3.97. The van der Waals surface area contributed by atoms with Crippen LogP contribution in [0, 0.1) is 0 Å². The minimum absolute atomic E-state index is 0.306. The summed E-state index contributed by atoms with van der Waals surface area (Å²) in [5.41, 5.74) is 7.32. The van der Waals surface area contributed by atoms with E-state index in [9.17, 15) is 0 Å². The van der Waals surface area contributed by atoms with Gasteiger partial charge in [0.25, 0.3) is 0 Å². The number of hydrogen-bond acceptors (Lipinski definition) is 4. The first-order valence-corrected chi connectivity index (χ1v) is 7.39. The van der Waals surface area contributed by atoms with E-state index in [1.165, 1.54) is 18.7 Å². The van der Waals surface area contributed by atoms with E-state index < -0.39 is 0 Å². The molecule has 19 heavy (non-hydrogen) atoms. The molecule has 1 aliphatic heterocycles. The fourth-order valence-electron chi connectivity index (χ4n) is 2.87. The van der Waals surface area contributed by atoms with Crippen molar-refractivity contribution in [2.75, 3.05) is 39.8 Å². The molecule has 0 radical (unpaired) electrons. The molecule has 0 aliphatic carbocycles. The SMILES string of the molecule is CCCn1cncc1C(CN)N1CCCN(C)CC1. The van der Waals surface area contributed by atoms with Crippen molar-refractivity contribution in [1.82, 2.24) is 19.4 Å². The van der Waals surface area contributed by atoms with Crippen LogP contribution in [0.25, 0.3) is 0 Å². The molecule has 0 spiro atoms. The van der Waals surface area contributed by atoms with Crippen LogP contribution in [-0.4, -0.2) is 59.1 Å². The van der Waals surface area contributed by atoms with Gasteiger partial charge in [-0.1, -0.05) is 6.92 Å². The summed E-state index contributed by atoms with van der Waals surface area (Å²) in [5.74, 6) is 0. The molecule has 1 fully saturated rings. The van der Waals surface area contributed by atoms with Crippen molar-refractivity contribution in [2.45, 2.75) is 32.4 Å². The molecular weight excluding hydrogens is 238 g/mol. The zero-order chi connectivity index (χ0) is 13.7. The van der Waals surface area contributed by atoms with Crippen molar-refractivity contribution in [2.24, 2.45) is 5.73 Å². The van der Waals surface area contributed by atoms with Crippen molar-refractivity contribution < 1.29 is 0 Å². The van der Waals surface area contributed by atoms with Gasteiger partial charge in [0.2, 0.25) is 0 Å². The minimum Gasteiger partial charge on any atom is -0.333 e. The second kappa shape index (κ2) is 7.03. The second-order valence-electron chi connectivity index (χ2n) is 5.46. The summed E-state index contributed by atoms with van der Waals surface area (Å²) in [4.78, 5) is 9.23. The van der Waals surface area contributed by atoms with Crippen molar-refractivity contribution in [3.8, 4) is 0 Å². The first-order valence-electron chi connectivity index (χ1n) is 7.39. The lowest BCUT2D eigenvalue weighted by molar-refractivity contribution is 0.200. The molecule has 1 aromatic heterocycles. The van der Waals surface area contributed by atoms with Crippen LogP contribution >= 0.6 is 0 Å². The first-order chi connectivity index (χ1) is 9.26. The van der Waals surface area contributed by atoms with Crippen molar-refractivity contribution >= 4 is 0 Å². The van der Waals surface area contributed by atoms with Crippen LogP contribution in [-0.2, 0) is 6.54 Å². The van der Waals surface area contributed by atoms with Gasteiger partial charge >= 0.3 is 0 Å². The van der Waals surface area contributed by atoms with Crippen LogP contribution in [0.2, 0.25) is 0 Å². The van der Waals surface area contributed by atoms with E-state index in [0.717, 1.165) is 32.6 Å². The topological polar surface area (TPSA) is 50.3 Å². The molecule has 2 heterocycles. The molecule has 5 heteroatoms. The number of aryl methyl sites for hydroxylation is 1. The Hall–Kier alpha value is -0.910. The summed E-state index contributed by atoms with van der Waals surface area (Å²) in [6.45, 7) is 8.42. The van der Waals surface area contributed by atoms with Gasteiger partial charge in [-0.15, -0.1) is 0 Å². The molecule has 2 N–H and O–H groups in total. The predicted molar refractivity (Wildman–Crippen MR) is 78.0 cm³/mol. The summed E-state index contributed by atoms with van der Waals surface area (Å²) in [6, 6.07) is 0.306. The molecule has 1 unspecified atom stereocenters. The Morgan fingerprint density at radius 3 is 2.89 bits per heavy atom. The van der Waals surface area contributed by atoms with Gasteiger partial charge in [0, 0.05) is 38.9 Å². The minimum atomic E-state index is 0.306. The normalized spacial score (nSPS) is 20.4. The Balaban J connectivity index is 2.11. The Morgan fingerprint density at radius 1 is 1.32 bits per heavy atom. The molecule has 5 nitrogen and oxygen atoms in total. The summed E-state index contributed by atoms with van der Waals surface area (Å²) in [5, 5.41) is 0. The smallest absolute Gasteiger partial charge is 0.0948 e. The standard InChI is InChI=1S/C14H27N5/c1-3-5-19-12-16-11-14(19)13(10-15)18-7-4-6-17(2)8-9-18/h11-13H,3-10,15H2,1-2H3. The largest absolute Gasteiger partial charge is 0.333 e. The third-order valence-electron chi connectivity index (χ3n) is 3.97. The van der Waals surface area contributed by atoms with Crippen LogP contribution in [0.4, 0.5) is 0 Å². The molecule has 1 atom stereocenters. The summed E-state index contributed by atoms with van der Waals surface area (Å²) in [6.07, 6.45) is 6.27. The maximum atomic E-state index is 6.05. The van der Waals surface area contributed by atoms with E-state index in [1.54, 1.807) is 0 Å². The average Bonchev–Trinajstić information content (AvgIpc) is 2.74. The fourth-order valence-corrected chi connectivity index (χ4v) is 2.87. The number of likely N-dealkylation sites (N-methyl/N-ethyl adjacent to an activating group) is 1. The molecule has 1 saturated heterocycles. The Morgan fingerprint density at radius 2 is 2.16 bits per heavy atom. The Bertz CT molecular complexity index is 376. The second-order valence-corrected chi connectivity index (χ2v) is 5.46. The Kier molecular flexibility index (Phi) is 5.36. The van der Waals surface area contributed by atoms with E-state index >= 15 is 0 Å². The van der Waals surface area contributed by atoms with E-state index in [2.05, 4.69) is 33.3 Å². The molecule has 1 aromatic rings. The molecule has 0 saturated carbocycles. The maximum Gasteiger partial charge on any atom is 0.0948 e.